The Balaban J connectivity index is 1.75. The van der Waals surface area contributed by atoms with Crippen LogP contribution < -0.4 is 19.9 Å². The van der Waals surface area contributed by atoms with Crippen LogP contribution in [-0.4, -0.2) is 52.2 Å². The summed E-state index contributed by atoms with van der Waals surface area (Å²) in [7, 11) is -1.50. The number of para-hydroxylation sites is 1. The molecule has 2 aromatic heterocycles. The summed E-state index contributed by atoms with van der Waals surface area (Å²) in [6.45, 7) is 0.237. The minimum Gasteiger partial charge on any atom is -0.496 e. The van der Waals surface area contributed by atoms with Crippen molar-refractivity contribution in [3.8, 4) is 22.8 Å². The van der Waals surface area contributed by atoms with Gasteiger partial charge < -0.3 is 15.2 Å². The fourth-order valence-electron chi connectivity index (χ4n) is 3.24. The molecule has 0 saturated heterocycles. The first-order chi connectivity index (χ1) is 15.3. The maximum atomic E-state index is 11.1. The third kappa shape index (κ3) is 4.24. The van der Waals surface area contributed by atoms with Crippen molar-refractivity contribution in [2.24, 2.45) is 0 Å². The Morgan fingerprint density at radius 3 is 2.56 bits per heavy atom. The predicted octanol–water partition coefficient (Wildman–Crippen LogP) is 1.75. The number of nitrogen functional groups attached to an aromatic ring is 1. The minimum absolute atomic E-state index is 0.0484. The van der Waals surface area contributed by atoms with Crippen LogP contribution in [0.2, 0.25) is 0 Å². The summed E-state index contributed by atoms with van der Waals surface area (Å²) in [4.78, 5) is 8.63. The van der Waals surface area contributed by atoms with Crippen molar-refractivity contribution < 1.29 is 22.4 Å². The van der Waals surface area contributed by atoms with Gasteiger partial charge in [-0.15, -0.1) is 5.10 Å². The van der Waals surface area contributed by atoms with Gasteiger partial charge in [-0.3, -0.25) is 9.27 Å². The summed E-state index contributed by atoms with van der Waals surface area (Å²) >= 11 is 0. The van der Waals surface area contributed by atoms with Crippen LogP contribution in [0.15, 0.2) is 42.5 Å². The van der Waals surface area contributed by atoms with Gasteiger partial charge in [-0.1, -0.05) is 23.4 Å². The SMILES string of the molecule is COc1cc(Cn2nnc3c(-c4ccccc4OC)nc(N)nc32)ccc1NS(=O)(=O)O. The monoisotopic (exact) mass is 457 g/mol. The molecule has 0 bridgehead atoms. The molecule has 0 aliphatic carbocycles. The summed E-state index contributed by atoms with van der Waals surface area (Å²) in [6, 6.07) is 12.0. The molecule has 0 amide bonds. The molecule has 0 aliphatic heterocycles. The number of rotatable bonds is 7. The lowest BCUT2D eigenvalue weighted by Gasteiger charge is -2.11. The topological polar surface area (TPSA) is 167 Å². The van der Waals surface area contributed by atoms with E-state index in [2.05, 4.69) is 20.3 Å². The molecule has 4 rings (SSSR count). The zero-order valence-electron chi connectivity index (χ0n) is 17.1. The number of nitrogens with two attached hydrogens (primary N) is 1. The van der Waals surface area contributed by atoms with Crippen LogP contribution in [0.5, 0.6) is 11.5 Å². The fourth-order valence-corrected chi connectivity index (χ4v) is 3.68. The van der Waals surface area contributed by atoms with E-state index in [-0.39, 0.29) is 23.9 Å². The second kappa shape index (κ2) is 8.28. The highest BCUT2D eigenvalue weighted by Gasteiger charge is 2.18. The van der Waals surface area contributed by atoms with Crippen molar-refractivity contribution in [1.82, 2.24) is 25.0 Å². The van der Waals surface area contributed by atoms with Gasteiger partial charge in [0.05, 0.1) is 26.5 Å². The normalized spacial score (nSPS) is 11.5. The van der Waals surface area contributed by atoms with E-state index in [4.69, 9.17) is 19.8 Å². The second-order valence-corrected chi connectivity index (χ2v) is 7.82. The van der Waals surface area contributed by atoms with E-state index < -0.39 is 10.3 Å². The number of nitrogens with one attached hydrogen (secondary N) is 1. The van der Waals surface area contributed by atoms with E-state index in [1.165, 1.54) is 17.9 Å². The molecule has 4 aromatic rings. The number of aromatic nitrogens is 5. The third-order valence-electron chi connectivity index (χ3n) is 4.58. The van der Waals surface area contributed by atoms with Crippen LogP contribution in [0, 0.1) is 0 Å². The zero-order valence-corrected chi connectivity index (χ0v) is 17.9. The number of ether oxygens (including phenoxy) is 2. The number of fused-ring (bicyclic) bond motifs is 1. The van der Waals surface area contributed by atoms with Gasteiger partial charge >= 0.3 is 10.3 Å². The van der Waals surface area contributed by atoms with Crippen molar-refractivity contribution in [3.63, 3.8) is 0 Å². The third-order valence-corrected chi connectivity index (χ3v) is 5.06. The van der Waals surface area contributed by atoms with Gasteiger partial charge in [0, 0.05) is 5.56 Å². The van der Waals surface area contributed by atoms with E-state index in [0.29, 0.717) is 33.7 Å². The molecule has 0 saturated carbocycles. The van der Waals surface area contributed by atoms with Crippen LogP contribution in [0.25, 0.3) is 22.4 Å². The van der Waals surface area contributed by atoms with E-state index in [1.54, 1.807) is 25.3 Å². The lowest BCUT2D eigenvalue weighted by Crippen LogP contribution is -2.11. The van der Waals surface area contributed by atoms with Crippen molar-refractivity contribution in [3.05, 3.63) is 48.0 Å². The Hall–Kier alpha value is -3.97. The first kappa shape index (κ1) is 21.3. The Morgan fingerprint density at radius 2 is 1.84 bits per heavy atom. The van der Waals surface area contributed by atoms with Crippen LogP contribution in [0.1, 0.15) is 5.56 Å². The molecule has 2 aromatic carbocycles. The molecule has 0 aliphatic rings. The molecule has 0 fully saturated rings. The molecule has 0 radical (unpaired) electrons. The van der Waals surface area contributed by atoms with Crippen molar-refractivity contribution >= 4 is 33.1 Å². The molecule has 13 heteroatoms. The van der Waals surface area contributed by atoms with E-state index in [0.717, 1.165) is 0 Å². The van der Waals surface area contributed by atoms with E-state index in [9.17, 15) is 8.42 Å². The summed E-state index contributed by atoms with van der Waals surface area (Å²) in [6.07, 6.45) is 0. The molecule has 166 valence electrons. The summed E-state index contributed by atoms with van der Waals surface area (Å²) in [5.74, 6) is 0.869. The molecule has 0 unspecified atom stereocenters. The van der Waals surface area contributed by atoms with Gasteiger partial charge in [0.2, 0.25) is 5.95 Å². The van der Waals surface area contributed by atoms with E-state index in [1.807, 2.05) is 22.9 Å². The molecule has 32 heavy (non-hydrogen) atoms. The van der Waals surface area contributed by atoms with Crippen molar-refractivity contribution in [1.29, 1.82) is 0 Å². The Kier molecular flexibility index (Phi) is 5.50. The average molecular weight is 457 g/mol. The molecular weight excluding hydrogens is 438 g/mol. The largest absolute Gasteiger partial charge is 0.496 e. The highest BCUT2D eigenvalue weighted by molar-refractivity contribution is 7.87. The van der Waals surface area contributed by atoms with Gasteiger partial charge in [0.15, 0.2) is 11.2 Å². The lowest BCUT2D eigenvalue weighted by atomic mass is 10.1. The van der Waals surface area contributed by atoms with Gasteiger partial charge in [0.25, 0.3) is 0 Å². The van der Waals surface area contributed by atoms with Gasteiger partial charge in [-0.05, 0) is 29.8 Å². The maximum absolute atomic E-state index is 11.1. The van der Waals surface area contributed by atoms with Crippen LogP contribution >= 0.6 is 0 Å². The molecule has 0 spiro atoms. The van der Waals surface area contributed by atoms with E-state index >= 15 is 0 Å². The second-order valence-electron chi connectivity index (χ2n) is 6.66. The number of hydrogen-bond donors (Lipinski definition) is 3. The Morgan fingerprint density at radius 1 is 1.09 bits per heavy atom. The maximum Gasteiger partial charge on any atom is 0.357 e. The first-order valence-corrected chi connectivity index (χ1v) is 10.7. The number of methoxy groups -OCH3 is 2. The van der Waals surface area contributed by atoms with Gasteiger partial charge in [-0.25, -0.2) is 9.67 Å². The number of hydrogen-bond acceptors (Lipinski definition) is 9. The molecule has 2 heterocycles. The van der Waals surface area contributed by atoms with Crippen LogP contribution in [0.4, 0.5) is 11.6 Å². The fraction of sp³-hybridized carbons (Fsp3) is 0.158. The predicted molar refractivity (Wildman–Crippen MR) is 117 cm³/mol. The Bertz CT molecular complexity index is 1400. The highest BCUT2D eigenvalue weighted by Crippen LogP contribution is 2.33. The highest BCUT2D eigenvalue weighted by atomic mass is 32.2. The lowest BCUT2D eigenvalue weighted by molar-refractivity contribution is 0.415. The first-order valence-electron chi connectivity index (χ1n) is 9.21. The molecular formula is C19H19N7O5S. The van der Waals surface area contributed by atoms with Crippen LogP contribution in [-0.2, 0) is 16.8 Å². The summed E-state index contributed by atoms with van der Waals surface area (Å²) < 4.78 is 45.4. The molecule has 12 nitrogen and oxygen atoms in total. The zero-order chi connectivity index (χ0) is 22.9. The average Bonchev–Trinajstić information content (AvgIpc) is 3.15. The number of nitrogens with zero attached hydrogens (tertiary/aromatic N) is 5. The smallest absolute Gasteiger partial charge is 0.357 e. The standard InChI is InChI=1S/C19H19N7O5S/c1-30-14-6-4-3-5-12(14)16-17-18(22-19(20)21-16)26(25-23-17)10-11-7-8-13(15(9-11)31-2)24-32(27,28)29/h3-9,24H,10H2,1-2H3,(H2,20,21,22)(H,27,28,29). The summed E-state index contributed by atoms with van der Waals surface area (Å²) in [5.41, 5.74) is 8.81. The van der Waals surface area contributed by atoms with Crippen molar-refractivity contribution in [2.45, 2.75) is 6.54 Å². The van der Waals surface area contributed by atoms with Gasteiger partial charge in [-0.2, -0.15) is 13.4 Å². The number of anilines is 2. The molecule has 0 atom stereocenters. The molecule has 4 N–H and O–H groups in total. The minimum atomic E-state index is -4.44. The van der Waals surface area contributed by atoms with Crippen LogP contribution in [0.3, 0.4) is 0 Å². The quantitative estimate of drug-likeness (QED) is 0.348. The number of benzene rings is 2. The Labute approximate surface area is 182 Å². The van der Waals surface area contributed by atoms with Crippen molar-refractivity contribution in [2.75, 3.05) is 24.7 Å². The van der Waals surface area contributed by atoms with Gasteiger partial charge in [0.1, 0.15) is 17.2 Å². The summed E-state index contributed by atoms with van der Waals surface area (Å²) in [5, 5.41) is 8.42.